The lowest BCUT2D eigenvalue weighted by atomic mass is 10.1. The Labute approximate surface area is 162 Å². The Hall–Kier alpha value is -2.08. The maximum Gasteiger partial charge on any atom is 0.253 e. The molecule has 26 heavy (non-hydrogen) atoms. The van der Waals surface area contributed by atoms with Crippen molar-refractivity contribution in [3.63, 3.8) is 0 Å². The predicted molar refractivity (Wildman–Crippen MR) is 104 cm³/mol. The molecule has 2 N–H and O–H groups in total. The molecule has 0 aliphatic rings. The molecule has 0 fully saturated rings. The van der Waals surface area contributed by atoms with Crippen LogP contribution in [0, 0.1) is 0 Å². The van der Waals surface area contributed by atoms with E-state index in [4.69, 9.17) is 27.9 Å². The lowest BCUT2D eigenvalue weighted by molar-refractivity contribution is -0.116. The van der Waals surface area contributed by atoms with Crippen LogP contribution in [-0.4, -0.2) is 32.1 Å². The minimum Gasteiger partial charge on any atom is -0.383 e. The standard InChI is InChI=1S/C19H20Cl2N2O3/c1-26-11-10-22-19(25)14-4-2-3-5-17(14)23-18(24)9-7-13-6-8-15(20)16(21)12-13/h2-6,8,12H,7,9-11H2,1H3,(H,22,25)(H,23,24). The van der Waals surface area contributed by atoms with Crippen molar-refractivity contribution in [1.29, 1.82) is 0 Å². The summed E-state index contributed by atoms with van der Waals surface area (Å²) in [6.45, 7) is 0.818. The third-order valence-electron chi connectivity index (χ3n) is 3.66. The number of benzene rings is 2. The van der Waals surface area contributed by atoms with Gasteiger partial charge in [0.05, 0.1) is 27.9 Å². The van der Waals surface area contributed by atoms with Gasteiger partial charge < -0.3 is 15.4 Å². The number of hydrogen-bond donors (Lipinski definition) is 2. The molecule has 0 aliphatic carbocycles. The van der Waals surface area contributed by atoms with E-state index in [1.165, 1.54) is 0 Å². The van der Waals surface area contributed by atoms with Gasteiger partial charge in [-0.15, -0.1) is 0 Å². The Morgan fingerprint density at radius 2 is 1.85 bits per heavy atom. The Balaban J connectivity index is 1.96. The maximum atomic E-state index is 12.3. The number of methoxy groups -OCH3 is 1. The monoisotopic (exact) mass is 394 g/mol. The van der Waals surface area contributed by atoms with Gasteiger partial charge in [0.2, 0.25) is 5.91 Å². The summed E-state index contributed by atoms with van der Waals surface area (Å²) >= 11 is 11.9. The third-order valence-corrected chi connectivity index (χ3v) is 4.40. The van der Waals surface area contributed by atoms with Crippen molar-refractivity contribution in [2.75, 3.05) is 25.6 Å². The Morgan fingerprint density at radius 3 is 2.58 bits per heavy atom. The van der Waals surface area contributed by atoms with Crippen molar-refractivity contribution in [2.45, 2.75) is 12.8 Å². The summed E-state index contributed by atoms with van der Waals surface area (Å²) in [5.41, 5.74) is 1.80. The van der Waals surface area contributed by atoms with Gasteiger partial charge >= 0.3 is 0 Å². The fourth-order valence-corrected chi connectivity index (χ4v) is 2.64. The van der Waals surface area contributed by atoms with E-state index in [0.29, 0.717) is 40.9 Å². The third kappa shape index (κ3) is 6.02. The number of nitrogens with one attached hydrogen (secondary N) is 2. The normalized spacial score (nSPS) is 10.4. The topological polar surface area (TPSA) is 67.4 Å². The molecular weight excluding hydrogens is 375 g/mol. The lowest BCUT2D eigenvalue weighted by Crippen LogP contribution is -2.28. The highest BCUT2D eigenvalue weighted by atomic mass is 35.5. The van der Waals surface area contributed by atoms with E-state index in [-0.39, 0.29) is 18.2 Å². The van der Waals surface area contributed by atoms with Crippen molar-refractivity contribution in [3.05, 3.63) is 63.6 Å². The average Bonchev–Trinajstić information content (AvgIpc) is 2.63. The van der Waals surface area contributed by atoms with Crippen molar-refractivity contribution < 1.29 is 14.3 Å². The Morgan fingerprint density at radius 1 is 1.08 bits per heavy atom. The Kier molecular flexibility index (Phi) is 7.91. The highest BCUT2D eigenvalue weighted by Crippen LogP contribution is 2.23. The second-order valence-electron chi connectivity index (χ2n) is 5.59. The first-order valence-corrected chi connectivity index (χ1v) is 8.87. The summed E-state index contributed by atoms with van der Waals surface area (Å²) < 4.78 is 4.91. The number of carbonyl (C=O) groups is 2. The highest BCUT2D eigenvalue weighted by Gasteiger charge is 2.13. The summed E-state index contributed by atoms with van der Waals surface area (Å²) in [4.78, 5) is 24.5. The van der Waals surface area contributed by atoms with Crippen molar-refractivity contribution in [1.82, 2.24) is 5.32 Å². The van der Waals surface area contributed by atoms with E-state index in [0.717, 1.165) is 5.56 Å². The van der Waals surface area contributed by atoms with Gasteiger partial charge in [-0.2, -0.15) is 0 Å². The maximum absolute atomic E-state index is 12.3. The zero-order valence-electron chi connectivity index (χ0n) is 14.4. The average molecular weight is 395 g/mol. The van der Waals surface area contributed by atoms with Crippen LogP contribution in [-0.2, 0) is 16.0 Å². The van der Waals surface area contributed by atoms with Gasteiger partial charge in [0.15, 0.2) is 0 Å². The number of anilines is 1. The van der Waals surface area contributed by atoms with Crippen LogP contribution in [0.3, 0.4) is 0 Å². The molecule has 0 atom stereocenters. The minimum atomic E-state index is -0.262. The molecule has 0 radical (unpaired) electrons. The number of hydrogen-bond acceptors (Lipinski definition) is 3. The van der Waals surface area contributed by atoms with Crippen LogP contribution >= 0.6 is 23.2 Å². The fourth-order valence-electron chi connectivity index (χ4n) is 2.32. The zero-order valence-corrected chi connectivity index (χ0v) is 15.9. The molecule has 2 aromatic carbocycles. The number of aryl methyl sites for hydroxylation is 1. The molecular formula is C19H20Cl2N2O3. The molecule has 0 aromatic heterocycles. The summed E-state index contributed by atoms with van der Waals surface area (Å²) in [7, 11) is 1.56. The number of halogens is 2. The number of amides is 2. The Bertz CT molecular complexity index is 781. The second-order valence-corrected chi connectivity index (χ2v) is 6.41. The second kappa shape index (κ2) is 10.2. The van der Waals surface area contributed by atoms with E-state index in [9.17, 15) is 9.59 Å². The van der Waals surface area contributed by atoms with Crippen LogP contribution in [0.2, 0.25) is 10.0 Å². The number of ether oxygens (including phenoxy) is 1. The van der Waals surface area contributed by atoms with Gasteiger partial charge in [0, 0.05) is 20.1 Å². The molecule has 0 aliphatic heterocycles. The van der Waals surface area contributed by atoms with E-state index in [1.807, 2.05) is 6.07 Å². The largest absolute Gasteiger partial charge is 0.383 e. The van der Waals surface area contributed by atoms with E-state index < -0.39 is 0 Å². The molecule has 7 heteroatoms. The molecule has 0 unspecified atom stereocenters. The van der Waals surface area contributed by atoms with Gasteiger partial charge in [-0.05, 0) is 36.2 Å². The zero-order chi connectivity index (χ0) is 18.9. The summed E-state index contributed by atoms with van der Waals surface area (Å²) in [5.74, 6) is -0.448. The number of carbonyl (C=O) groups excluding carboxylic acids is 2. The van der Waals surface area contributed by atoms with Crippen molar-refractivity contribution in [3.8, 4) is 0 Å². The lowest BCUT2D eigenvalue weighted by Gasteiger charge is -2.11. The summed E-state index contributed by atoms with van der Waals surface area (Å²) in [6.07, 6.45) is 0.780. The molecule has 2 rings (SSSR count). The number of rotatable bonds is 8. The molecule has 0 saturated carbocycles. The molecule has 5 nitrogen and oxygen atoms in total. The van der Waals surface area contributed by atoms with E-state index >= 15 is 0 Å². The van der Waals surface area contributed by atoms with Crippen LogP contribution in [0.1, 0.15) is 22.3 Å². The minimum absolute atomic E-state index is 0.187. The number of para-hydroxylation sites is 1. The highest BCUT2D eigenvalue weighted by molar-refractivity contribution is 6.42. The molecule has 0 heterocycles. The van der Waals surface area contributed by atoms with Gasteiger partial charge in [-0.3, -0.25) is 9.59 Å². The van der Waals surface area contributed by atoms with Crippen molar-refractivity contribution in [2.24, 2.45) is 0 Å². The first kappa shape index (κ1) is 20.2. The summed E-state index contributed by atoms with van der Waals surface area (Å²) in [6, 6.07) is 12.2. The van der Waals surface area contributed by atoms with Crippen LogP contribution < -0.4 is 10.6 Å². The first-order chi connectivity index (χ1) is 12.5. The van der Waals surface area contributed by atoms with Gasteiger partial charge in [0.25, 0.3) is 5.91 Å². The molecule has 2 amide bonds. The van der Waals surface area contributed by atoms with E-state index in [2.05, 4.69) is 10.6 Å². The molecule has 138 valence electrons. The summed E-state index contributed by atoms with van der Waals surface area (Å²) in [5, 5.41) is 6.47. The van der Waals surface area contributed by atoms with E-state index in [1.54, 1.807) is 43.5 Å². The fraction of sp³-hybridized carbons (Fsp3) is 0.263. The predicted octanol–water partition coefficient (Wildman–Crippen LogP) is 3.94. The molecule has 0 saturated heterocycles. The van der Waals surface area contributed by atoms with Crippen molar-refractivity contribution >= 4 is 40.7 Å². The van der Waals surface area contributed by atoms with Crippen LogP contribution in [0.25, 0.3) is 0 Å². The van der Waals surface area contributed by atoms with Gasteiger partial charge in [0.1, 0.15) is 0 Å². The quantitative estimate of drug-likeness (QED) is 0.666. The van der Waals surface area contributed by atoms with Gasteiger partial charge in [-0.1, -0.05) is 41.4 Å². The molecule has 2 aromatic rings. The van der Waals surface area contributed by atoms with Crippen LogP contribution in [0.5, 0.6) is 0 Å². The molecule has 0 spiro atoms. The first-order valence-electron chi connectivity index (χ1n) is 8.11. The molecule has 0 bridgehead atoms. The van der Waals surface area contributed by atoms with Crippen LogP contribution in [0.4, 0.5) is 5.69 Å². The SMILES string of the molecule is COCCNC(=O)c1ccccc1NC(=O)CCc1ccc(Cl)c(Cl)c1. The smallest absolute Gasteiger partial charge is 0.253 e. The van der Waals surface area contributed by atoms with Crippen LogP contribution in [0.15, 0.2) is 42.5 Å². The van der Waals surface area contributed by atoms with Gasteiger partial charge in [-0.25, -0.2) is 0 Å².